The third-order valence-electron chi connectivity index (χ3n) is 1.60. The first-order chi connectivity index (χ1) is 5.58. The Morgan fingerprint density at radius 2 is 1.83 bits per heavy atom. The predicted octanol–water partition coefficient (Wildman–Crippen LogP) is 0.923. The smallest absolute Gasteiger partial charge is 0.147 e. The predicted molar refractivity (Wildman–Crippen MR) is 48.8 cm³/mol. The van der Waals surface area contributed by atoms with Gasteiger partial charge in [-0.2, -0.15) is 0 Å². The van der Waals surface area contributed by atoms with Gasteiger partial charge < -0.3 is 4.57 Å². The highest BCUT2D eigenvalue weighted by molar-refractivity contribution is 7.90. The Labute approximate surface area is 72.9 Å². The summed E-state index contributed by atoms with van der Waals surface area (Å²) in [6.45, 7) is 0.778. The standard InChI is InChI=1S/C8H13NO2S/c1-12(10,11)8-4-7-9-5-2-3-6-9/h2-3,5-6H,4,7-8H2,1H3. The molecule has 0 fully saturated rings. The lowest BCUT2D eigenvalue weighted by atomic mass is 10.5. The summed E-state index contributed by atoms with van der Waals surface area (Å²) in [4.78, 5) is 0. The molecule has 0 bridgehead atoms. The molecule has 68 valence electrons. The van der Waals surface area contributed by atoms with E-state index in [4.69, 9.17) is 0 Å². The van der Waals surface area contributed by atoms with Crippen LogP contribution in [0.5, 0.6) is 0 Å². The molecular weight excluding hydrogens is 174 g/mol. The molecule has 0 aliphatic heterocycles. The van der Waals surface area contributed by atoms with Gasteiger partial charge in [0.1, 0.15) is 9.84 Å². The topological polar surface area (TPSA) is 39.1 Å². The Balaban J connectivity index is 2.29. The number of nitrogens with zero attached hydrogens (tertiary/aromatic N) is 1. The summed E-state index contributed by atoms with van der Waals surface area (Å²) in [6, 6.07) is 3.86. The van der Waals surface area contributed by atoms with E-state index in [1.165, 1.54) is 6.26 Å². The second-order valence-corrected chi connectivity index (χ2v) is 5.16. The van der Waals surface area contributed by atoms with E-state index in [1.807, 2.05) is 29.1 Å². The molecule has 0 amide bonds. The minimum Gasteiger partial charge on any atom is -0.354 e. The van der Waals surface area contributed by atoms with E-state index in [2.05, 4.69) is 0 Å². The highest BCUT2D eigenvalue weighted by atomic mass is 32.2. The molecular formula is C8H13NO2S. The molecule has 0 atom stereocenters. The molecule has 12 heavy (non-hydrogen) atoms. The monoisotopic (exact) mass is 187 g/mol. The fraction of sp³-hybridized carbons (Fsp3) is 0.500. The minimum absolute atomic E-state index is 0.269. The van der Waals surface area contributed by atoms with Crippen LogP contribution in [0.4, 0.5) is 0 Å². The average Bonchev–Trinajstić information content (AvgIpc) is 2.36. The summed E-state index contributed by atoms with van der Waals surface area (Å²) in [6.07, 6.45) is 5.82. The number of hydrogen-bond donors (Lipinski definition) is 0. The van der Waals surface area contributed by atoms with Crippen LogP contribution in [0.3, 0.4) is 0 Å². The SMILES string of the molecule is CS(=O)(=O)CCCn1cccc1. The molecule has 0 unspecified atom stereocenters. The Morgan fingerprint density at radius 1 is 1.25 bits per heavy atom. The van der Waals surface area contributed by atoms with Crippen molar-refractivity contribution in [3.05, 3.63) is 24.5 Å². The summed E-state index contributed by atoms with van der Waals surface area (Å²) in [5.41, 5.74) is 0. The summed E-state index contributed by atoms with van der Waals surface area (Å²) in [5.74, 6) is 0.269. The molecule has 1 rings (SSSR count). The summed E-state index contributed by atoms with van der Waals surface area (Å²) >= 11 is 0. The second-order valence-electron chi connectivity index (χ2n) is 2.90. The van der Waals surface area contributed by atoms with Crippen LogP contribution in [0.25, 0.3) is 0 Å². The Bertz CT molecular complexity index is 313. The van der Waals surface area contributed by atoms with Gasteiger partial charge in [-0.3, -0.25) is 0 Å². The first kappa shape index (κ1) is 9.32. The maximum absolute atomic E-state index is 10.8. The molecule has 0 aliphatic rings. The van der Waals surface area contributed by atoms with Gasteiger partial charge in [0.05, 0.1) is 5.75 Å². The number of aromatic nitrogens is 1. The van der Waals surface area contributed by atoms with Crippen LogP contribution in [0.1, 0.15) is 6.42 Å². The van der Waals surface area contributed by atoms with Crippen LogP contribution >= 0.6 is 0 Å². The van der Waals surface area contributed by atoms with Crippen LogP contribution in [0.15, 0.2) is 24.5 Å². The fourth-order valence-electron chi connectivity index (χ4n) is 1.03. The molecule has 0 spiro atoms. The quantitative estimate of drug-likeness (QED) is 0.703. The summed E-state index contributed by atoms with van der Waals surface area (Å²) < 4.78 is 23.5. The van der Waals surface area contributed by atoms with Gasteiger partial charge in [-0.1, -0.05) is 0 Å². The van der Waals surface area contributed by atoms with Gasteiger partial charge in [0, 0.05) is 25.2 Å². The van der Waals surface area contributed by atoms with Gasteiger partial charge in [-0.25, -0.2) is 8.42 Å². The number of aryl methyl sites for hydroxylation is 1. The van der Waals surface area contributed by atoms with E-state index in [0.717, 1.165) is 6.54 Å². The number of sulfone groups is 1. The van der Waals surface area contributed by atoms with Gasteiger partial charge in [0.15, 0.2) is 0 Å². The van der Waals surface area contributed by atoms with Gasteiger partial charge in [0.2, 0.25) is 0 Å². The normalized spacial score (nSPS) is 11.8. The molecule has 1 heterocycles. The molecule has 0 saturated carbocycles. The van der Waals surface area contributed by atoms with Gasteiger partial charge in [-0.15, -0.1) is 0 Å². The molecule has 0 aliphatic carbocycles. The van der Waals surface area contributed by atoms with E-state index >= 15 is 0 Å². The van der Waals surface area contributed by atoms with Crippen molar-refractivity contribution >= 4 is 9.84 Å². The maximum Gasteiger partial charge on any atom is 0.147 e. The lowest BCUT2D eigenvalue weighted by Gasteiger charge is -2.00. The summed E-state index contributed by atoms with van der Waals surface area (Å²) in [7, 11) is -2.79. The van der Waals surface area contributed by atoms with E-state index < -0.39 is 9.84 Å². The first-order valence-electron chi connectivity index (χ1n) is 3.86. The van der Waals surface area contributed by atoms with E-state index in [-0.39, 0.29) is 5.75 Å². The highest BCUT2D eigenvalue weighted by Gasteiger charge is 2.00. The van der Waals surface area contributed by atoms with Crippen LogP contribution < -0.4 is 0 Å². The Hall–Kier alpha value is -0.770. The Morgan fingerprint density at radius 3 is 2.33 bits per heavy atom. The number of rotatable bonds is 4. The van der Waals surface area contributed by atoms with Gasteiger partial charge in [0.25, 0.3) is 0 Å². The molecule has 0 N–H and O–H groups in total. The van der Waals surface area contributed by atoms with Crippen molar-refractivity contribution in [1.29, 1.82) is 0 Å². The molecule has 0 aromatic carbocycles. The molecule has 0 saturated heterocycles. The molecule has 3 nitrogen and oxygen atoms in total. The largest absolute Gasteiger partial charge is 0.354 e. The van der Waals surface area contributed by atoms with Crippen molar-refractivity contribution in [3.8, 4) is 0 Å². The maximum atomic E-state index is 10.8. The van der Waals surface area contributed by atoms with Gasteiger partial charge in [-0.05, 0) is 18.6 Å². The fourth-order valence-corrected chi connectivity index (χ4v) is 1.68. The molecule has 1 aromatic heterocycles. The minimum atomic E-state index is -2.79. The van der Waals surface area contributed by atoms with Crippen LogP contribution in [0.2, 0.25) is 0 Å². The molecule has 0 radical (unpaired) electrons. The highest BCUT2D eigenvalue weighted by Crippen LogP contribution is 1.95. The average molecular weight is 187 g/mol. The van der Waals surface area contributed by atoms with Crippen molar-refractivity contribution in [2.24, 2.45) is 0 Å². The van der Waals surface area contributed by atoms with Crippen molar-refractivity contribution in [2.45, 2.75) is 13.0 Å². The Kier molecular flexibility index (Phi) is 2.92. The van der Waals surface area contributed by atoms with Gasteiger partial charge >= 0.3 is 0 Å². The first-order valence-corrected chi connectivity index (χ1v) is 5.92. The second kappa shape index (κ2) is 3.76. The lowest BCUT2D eigenvalue weighted by Crippen LogP contribution is -2.06. The zero-order chi connectivity index (χ0) is 9.03. The van der Waals surface area contributed by atoms with Crippen molar-refractivity contribution in [2.75, 3.05) is 12.0 Å². The molecule has 1 aromatic rings. The lowest BCUT2D eigenvalue weighted by molar-refractivity contribution is 0.592. The van der Waals surface area contributed by atoms with Crippen molar-refractivity contribution in [1.82, 2.24) is 4.57 Å². The van der Waals surface area contributed by atoms with Crippen LogP contribution in [0, 0.1) is 0 Å². The van der Waals surface area contributed by atoms with Crippen molar-refractivity contribution in [3.63, 3.8) is 0 Å². The molecule has 4 heteroatoms. The third-order valence-corrected chi connectivity index (χ3v) is 2.63. The third kappa shape index (κ3) is 3.57. The van der Waals surface area contributed by atoms with Crippen LogP contribution in [-0.2, 0) is 16.4 Å². The zero-order valence-electron chi connectivity index (χ0n) is 7.10. The van der Waals surface area contributed by atoms with E-state index in [0.29, 0.717) is 6.42 Å². The van der Waals surface area contributed by atoms with Crippen LogP contribution in [-0.4, -0.2) is 25.0 Å². The zero-order valence-corrected chi connectivity index (χ0v) is 7.92. The van der Waals surface area contributed by atoms with Crippen molar-refractivity contribution < 1.29 is 8.42 Å². The number of hydrogen-bond acceptors (Lipinski definition) is 2. The van der Waals surface area contributed by atoms with E-state index in [9.17, 15) is 8.42 Å². The summed E-state index contributed by atoms with van der Waals surface area (Å²) in [5, 5.41) is 0. The van der Waals surface area contributed by atoms with E-state index in [1.54, 1.807) is 0 Å².